The van der Waals surface area contributed by atoms with Crippen molar-refractivity contribution in [3.8, 4) is 0 Å². The maximum absolute atomic E-state index is 11.1. The van der Waals surface area contributed by atoms with Gasteiger partial charge < -0.3 is 9.47 Å². The molecule has 0 radical (unpaired) electrons. The minimum Gasteiger partial charge on any atom is -0.466 e. The number of carbonyl (C=O) groups excluding carboxylic acids is 2. The molecule has 4 heteroatoms. The van der Waals surface area contributed by atoms with Crippen molar-refractivity contribution in [2.24, 2.45) is 0 Å². The number of hydrogen-bond acceptors (Lipinski definition) is 4. The normalized spacial score (nSPS) is 10.1. The number of rotatable bonds is 7. The molecular formula is C11H20O4. The van der Waals surface area contributed by atoms with E-state index >= 15 is 0 Å². The van der Waals surface area contributed by atoms with Crippen LogP contribution in [0.4, 0.5) is 0 Å². The van der Waals surface area contributed by atoms with E-state index < -0.39 is 0 Å². The van der Waals surface area contributed by atoms with Crippen LogP contribution in [-0.4, -0.2) is 24.6 Å². The van der Waals surface area contributed by atoms with E-state index in [2.05, 4.69) is 0 Å². The number of ether oxygens (including phenoxy) is 2. The summed E-state index contributed by atoms with van der Waals surface area (Å²) in [7, 11) is 0. The molecule has 0 bridgehead atoms. The van der Waals surface area contributed by atoms with E-state index in [1.54, 1.807) is 6.92 Å². The molecule has 0 aromatic rings. The predicted octanol–water partition coefficient (Wildman–Crippen LogP) is 2.06. The van der Waals surface area contributed by atoms with Gasteiger partial charge in [0.05, 0.1) is 12.7 Å². The van der Waals surface area contributed by atoms with Crippen LogP contribution in [0.1, 0.15) is 46.5 Å². The lowest BCUT2D eigenvalue weighted by Gasteiger charge is -2.07. The molecule has 0 rings (SSSR count). The second-order valence-electron chi connectivity index (χ2n) is 3.55. The van der Waals surface area contributed by atoms with Gasteiger partial charge in [0, 0.05) is 12.8 Å². The first kappa shape index (κ1) is 13.9. The van der Waals surface area contributed by atoms with E-state index in [9.17, 15) is 9.59 Å². The van der Waals surface area contributed by atoms with Gasteiger partial charge in [0.1, 0.15) is 0 Å². The molecule has 0 spiro atoms. The second-order valence-corrected chi connectivity index (χ2v) is 3.55. The number of hydrogen-bond donors (Lipinski definition) is 0. The van der Waals surface area contributed by atoms with Crippen molar-refractivity contribution in [2.75, 3.05) is 6.61 Å². The van der Waals surface area contributed by atoms with Crippen molar-refractivity contribution >= 4 is 11.9 Å². The number of carbonyl (C=O) groups is 2. The lowest BCUT2D eigenvalue weighted by molar-refractivity contribution is -0.148. The highest BCUT2D eigenvalue weighted by molar-refractivity contribution is 5.70. The minimum atomic E-state index is -0.200. The van der Waals surface area contributed by atoms with Crippen molar-refractivity contribution in [1.82, 2.24) is 0 Å². The smallest absolute Gasteiger partial charge is 0.306 e. The van der Waals surface area contributed by atoms with E-state index in [0.717, 1.165) is 0 Å². The topological polar surface area (TPSA) is 52.6 Å². The quantitative estimate of drug-likeness (QED) is 0.483. The fourth-order valence-electron chi connectivity index (χ4n) is 1.09. The summed E-state index contributed by atoms with van der Waals surface area (Å²) in [5, 5.41) is 0. The molecule has 0 aliphatic carbocycles. The molecule has 0 aliphatic heterocycles. The second kappa shape index (κ2) is 8.26. The zero-order valence-corrected chi connectivity index (χ0v) is 9.75. The van der Waals surface area contributed by atoms with Crippen molar-refractivity contribution in [2.45, 2.75) is 52.6 Å². The van der Waals surface area contributed by atoms with Gasteiger partial charge in [-0.25, -0.2) is 0 Å². The van der Waals surface area contributed by atoms with Crippen molar-refractivity contribution in [1.29, 1.82) is 0 Å². The summed E-state index contributed by atoms with van der Waals surface area (Å²) < 4.78 is 9.71. The molecule has 0 atom stereocenters. The predicted molar refractivity (Wildman–Crippen MR) is 56.3 cm³/mol. The fourth-order valence-corrected chi connectivity index (χ4v) is 1.09. The minimum absolute atomic E-state index is 0.0671. The lowest BCUT2D eigenvalue weighted by atomic mass is 10.2. The summed E-state index contributed by atoms with van der Waals surface area (Å²) in [4.78, 5) is 22.0. The van der Waals surface area contributed by atoms with Gasteiger partial charge in [-0.2, -0.15) is 0 Å². The third-order valence-corrected chi connectivity index (χ3v) is 1.68. The highest BCUT2D eigenvalue weighted by Crippen LogP contribution is 2.04. The lowest BCUT2D eigenvalue weighted by Crippen LogP contribution is -2.11. The Morgan fingerprint density at radius 3 is 2.07 bits per heavy atom. The first-order valence-corrected chi connectivity index (χ1v) is 5.41. The Labute approximate surface area is 90.9 Å². The molecular weight excluding hydrogens is 196 g/mol. The summed E-state index contributed by atoms with van der Waals surface area (Å²) >= 11 is 0. The Balaban J connectivity index is 3.38. The summed E-state index contributed by atoms with van der Waals surface area (Å²) in [5.41, 5.74) is 0. The van der Waals surface area contributed by atoms with Crippen molar-refractivity contribution < 1.29 is 19.1 Å². The van der Waals surface area contributed by atoms with E-state index in [1.807, 2.05) is 13.8 Å². The van der Waals surface area contributed by atoms with Crippen LogP contribution >= 0.6 is 0 Å². The maximum atomic E-state index is 11.1. The molecule has 0 aliphatic rings. The number of unbranched alkanes of at least 4 members (excludes halogenated alkanes) is 1. The molecule has 0 amide bonds. The van der Waals surface area contributed by atoms with Gasteiger partial charge in [0.2, 0.25) is 0 Å². The van der Waals surface area contributed by atoms with Crippen LogP contribution in [0, 0.1) is 0 Å². The third kappa shape index (κ3) is 9.25. The summed E-state index contributed by atoms with van der Waals surface area (Å²) in [6.07, 6.45) is 2.03. The van der Waals surface area contributed by atoms with Gasteiger partial charge in [0.25, 0.3) is 0 Å². The summed E-state index contributed by atoms with van der Waals surface area (Å²) in [6.45, 7) is 5.82. The Bertz CT molecular complexity index is 199. The van der Waals surface area contributed by atoms with Gasteiger partial charge in [-0.3, -0.25) is 9.59 Å². The SMILES string of the molecule is CCOC(=O)CCCCC(=O)OC(C)C. The van der Waals surface area contributed by atoms with Crippen LogP contribution in [0.5, 0.6) is 0 Å². The van der Waals surface area contributed by atoms with Crippen LogP contribution in [0.15, 0.2) is 0 Å². The van der Waals surface area contributed by atoms with Gasteiger partial charge in [0.15, 0.2) is 0 Å². The Hall–Kier alpha value is -1.06. The van der Waals surface area contributed by atoms with Gasteiger partial charge in [-0.05, 0) is 33.6 Å². The molecule has 0 aromatic heterocycles. The molecule has 0 aromatic carbocycles. The van der Waals surface area contributed by atoms with Gasteiger partial charge in [-0.15, -0.1) is 0 Å². The average molecular weight is 216 g/mol. The molecule has 0 fully saturated rings. The van der Waals surface area contributed by atoms with Crippen molar-refractivity contribution in [3.63, 3.8) is 0 Å². The van der Waals surface area contributed by atoms with Crippen LogP contribution in [-0.2, 0) is 19.1 Å². The Morgan fingerprint density at radius 2 is 1.60 bits per heavy atom. The molecule has 0 unspecified atom stereocenters. The van der Waals surface area contributed by atoms with E-state index in [4.69, 9.17) is 9.47 Å². The highest BCUT2D eigenvalue weighted by Gasteiger charge is 2.06. The molecule has 0 saturated heterocycles. The average Bonchev–Trinajstić information content (AvgIpc) is 2.12. The number of esters is 2. The molecule has 0 heterocycles. The molecule has 88 valence electrons. The van der Waals surface area contributed by atoms with Crippen molar-refractivity contribution in [3.05, 3.63) is 0 Å². The van der Waals surface area contributed by atoms with Gasteiger partial charge in [-0.1, -0.05) is 0 Å². The van der Waals surface area contributed by atoms with Crippen LogP contribution in [0.25, 0.3) is 0 Å². The molecule has 4 nitrogen and oxygen atoms in total. The molecule has 15 heavy (non-hydrogen) atoms. The standard InChI is InChI=1S/C11H20O4/c1-4-14-10(12)7-5-6-8-11(13)15-9(2)3/h9H,4-8H2,1-3H3. The Kier molecular flexibility index (Phi) is 7.68. The van der Waals surface area contributed by atoms with Crippen LogP contribution in [0.3, 0.4) is 0 Å². The largest absolute Gasteiger partial charge is 0.466 e. The molecule has 0 N–H and O–H groups in total. The first-order valence-electron chi connectivity index (χ1n) is 5.41. The monoisotopic (exact) mass is 216 g/mol. The molecule has 0 saturated carbocycles. The van der Waals surface area contributed by atoms with Crippen LogP contribution < -0.4 is 0 Å². The highest BCUT2D eigenvalue weighted by atomic mass is 16.5. The van der Waals surface area contributed by atoms with E-state index in [1.165, 1.54) is 0 Å². The summed E-state index contributed by atoms with van der Waals surface area (Å²) in [6, 6.07) is 0. The fraction of sp³-hybridized carbons (Fsp3) is 0.818. The third-order valence-electron chi connectivity index (χ3n) is 1.68. The summed E-state index contributed by atoms with van der Waals surface area (Å²) in [5.74, 6) is -0.399. The zero-order valence-electron chi connectivity index (χ0n) is 9.75. The van der Waals surface area contributed by atoms with E-state index in [0.29, 0.717) is 32.3 Å². The zero-order chi connectivity index (χ0) is 11.7. The first-order chi connectivity index (χ1) is 7.06. The van der Waals surface area contributed by atoms with E-state index in [-0.39, 0.29) is 18.0 Å². The van der Waals surface area contributed by atoms with Gasteiger partial charge >= 0.3 is 11.9 Å². The Morgan fingerprint density at radius 1 is 1.07 bits per heavy atom. The van der Waals surface area contributed by atoms with Crippen LogP contribution in [0.2, 0.25) is 0 Å². The maximum Gasteiger partial charge on any atom is 0.306 e.